The normalized spacial score (nSPS) is 12.8. The minimum atomic E-state index is -0.263. The van der Waals surface area contributed by atoms with Crippen molar-refractivity contribution in [3.05, 3.63) is 28.8 Å². The number of ether oxygens (including phenoxy) is 1. The number of hydrogen-bond acceptors (Lipinski definition) is 3. The van der Waals surface area contributed by atoms with Gasteiger partial charge in [0.2, 0.25) is 0 Å². The number of carbonyl (C=O) groups is 1. The Morgan fingerprint density at radius 3 is 2.64 bits per heavy atom. The van der Waals surface area contributed by atoms with E-state index in [2.05, 4.69) is 24.5 Å². The van der Waals surface area contributed by atoms with Crippen molar-refractivity contribution in [2.75, 3.05) is 6.61 Å². The van der Waals surface area contributed by atoms with E-state index in [1.807, 2.05) is 26.8 Å². The van der Waals surface area contributed by atoms with Crippen LogP contribution in [0.4, 0.5) is 0 Å². The van der Waals surface area contributed by atoms with Gasteiger partial charge in [-0.2, -0.15) is 0 Å². The van der Waals surface area contributed by atoms with Crippen LogP contribution < -0.4 is 15.4 Å². The van der Waals surface area contributed by atoms with E-state index in [4.69, 9.17) is 16.3 Å². The lowest BCUT2D eigenvalue weighted by atomic mass is 10.1. The number of nitrogens with one attached hydrogen (secondary N) is 2. The SMILES string of the molecule is CCC(C)NCc1cc(Cl)ccc1OCC(=O)NC(C)(C)C. The van der Waals surface area contributed by atoms with Crippen LogP contribution in [0, 0.1) is 0 Å². The monoisotopic (exact) mass is 326 g/mol. The van der Waals surface area contributed by atoms with Crippen LogP contribution in [0.2, 0.25) is 5.02 Å². The largest absolute Gasteiger partial charge is 0.483 e. The van der Waals surface area contributed by atoms with Gasteiger partial charge in [-0.25, -0.2) is 0 Å². The summed E-state index contributed by atoms with van der Waals surface area (Å²) in [5.41, 5.74) is 0.692. The zero-order chi connectivity index (χ0) is 16.8. The first kappa shape index (κ1) is 18.8. The summed E-state index contributed by atoms with van der Waals surface area (Å²) in [6.07, 6.45) is 1.05. The molecule has 0 radical (unpaired) electrons. The van der Waals surface area contributed by atoms with Crippen LogP contribution >= 0.6 is 11.6 Å². The summed E-state index contributed by atoms with van der Waals surface area (Å²) in [6.45, 7) is 10.7. The Labute approximate surface area is 138 Å². The van der Waals surface area contributed by atoms with E-state index < -0.39 is 0 Å². The van der Waals surface area contributed by atoms with E-state index in [1.54, 1.807) is 12.1 Å². The van der Waals surface area contributed by atoms with Gasteiger partial charge in [-0.1, -0.05) is 18.5 Å². The predicted octanol–water partition coefficient (Wildman–Crippen LogP) is 3.52. The lowest BCUT2D eigenvalue weighted by Gasteiger charge is -2.21. The van der Waals surface area contributed by atoms with E-state index in [0.29, 0.717) is 23.4 Å². The maximum atomic E-state index is 11.8. The fourth-order valence-electron chi connectivity index (χ4n) is 1.85. The molecule has 0 aromatic heterocycles. The van der Waals surface area contributed by atoms with Crippen LogP contribution in [-0.4, -0.2) is 24.1 Å². The molecular formula is C17H27ClN2O2. The summed E-state index contributed by atoms with van der Waals surface area (Å²) in [6, 6.07) is 5.86. The number of rotatable bonds is 7. The van der Waals surface area contributed by atoms with E-state index in [9.17, 15) is 4.79 Å². The third-order valence-electron chi connectivity index (χ3n) is 3.15. The highest BCUT2D eigenvalue weighted by Gasteiger charge is 2.15. The first-order chi connectivity index (χ1) is 10.2. The lowest BCUT2D eigenvalue weighted by molar-refractivity contribution is -0.124. The summed E-state index contributed by atoms with van der Waals surface area (Å²) in [5.74, 6) is 0.549. The number of carbonyl (C=O) groups excluding carboxylic acids is 1. The first-order valence-corrected chi connectivity index (χ1v) is 8.04. The summed E-state index contributed by atoms with van der Waals surface area (Å²) in [5, 5.41) is 6.94. The Morgan fingerprint density at radius 2 is 2.05 bits per heavy atom. The lowest BCUT2D eigenvalue weighted by Crippen LogP contribution is -2.43. The molecule has 1 unspecified atom stereocenters. The molecule has 4 nitrogen and oxygen atoms in total. The minimum Gasteiger partial charge on any atom is -0.483 e. The second-order valence-electron chi connectivity index (χ2n) is 6.53. The van der Waals surface area contributed by atoms with Crippen molar-refractivity contribution in [3.8, 4) is 5.75 Å². The van der Waals surface area contributed by atoms with Crippen molar-refractivity contribution in [3.63, 3.8) is 0 Å². The molecule has 0 bridgehead atoms. The van der Waals surface area contributed by atoms with Gasteiger partial charge in [0.25, 0.3) is 5.91 Å². The van der Waals surface area contributed by atoms with Gasteiger partial charge in [-0.05, 0) is 52.3 Å². The maximum Gasteiger partial charge on any atom is 0.258 e. The molecule has 0 heterocycles. The molecule has 0 aliphatic heterocycles. The zero-order valence-electron chi connectivity index (χ0n) is 14.1. The molecule has 2 N–H and O–H groups in total. The van der Waals surface area contributed by atoms with Gasteiger partial charge in [0, 0.05) is 28.7 Å². The molecule has 0 aliphatic carbocycles. The number of halogens is 1. The van der Waals surface area contributed by atoms with Crippen molar-refractivity contribution in [1.82, 2.24) is 10.6 Å². The molecule has 1 atom stereocenters. The highest BCUT2D eigenvalue weighted by Crippen LogP contribution is 2.23. The second-order valence-corrected chi connectivity index (χ2v) is 6.97. The molecule has 0 aliphatic rings. The van der Waals surface area contributed by atoms with Crippen molar-refractivity contribution >= 4 is 17.5 Å². The molecule has 1 amide bonds. The number of hydrogen-bond donors (Lipinski definition) is 2. The Morgan fingerprint density at radius 1 is 1.36 bits per heavy atom. The highest BCUT2D eigenvalue weighted by molar-refractivity contribution is 6.30. The van der Waals surface area contributed by atoms with E-state index in [-0.39, 0.29) is 18.1 Å². The molecule has 1 aromatic carbocycles. The van der Waals surface area contributed by atoms with Crippen LogP contribution in [0.15, 0.2) is 18.2 Å². The van der Waals surface area contributed by atoms with Crippen LogP contribution in [-0.2, 0) is 11.3 Å². The molecule has 124 valence electrons. The molecule has 0 saturated heterocycles. The molecule has 22 heavy (non-hydrogen) atoms. The molecule has 1 aromatic rings. The summed E-state index contributed by atoms with van der Waals surface area (Å²) < 4.78 is 5.66. The van der Waals surface area contributed by atoms with E-state index >= 15 is 0 Å². The molecule has 0 saturated carbocycles. The first-order valence-electron chi connectivity index (χ1n) is 7.67. The summed E-state index contributed by atoms with van der Waals surface area (Å²) in [4.78, 5) is 11.8. The molecule has 0 fully saturated rings. The van der Waals surface area contributed by atoms with E-state index in [1.165, 1.54) is 0 Å². The Kier molecular flexibility index (Phi) is 7.17. The van der Waals surface area contributed by atoms with Crippen LogP contribution in [0.25, 0.3) is 0 Å². The van der Waals surface area contributed by atoms with Crippen LogP contribution in [0.3, 0.4) is 0 Å². The molecular weight excluding hydrogens is 300 g/mol. The van der Waals surface area contributed by atoms with Gasteiger partial charge in [-0.15, -0.1) is 0 Å². The molecule has 5 heteroatoms. The fourth-order valence-corrected chi connectivity index (χ4v) is 2.05. The third-order valence-corrected chi connectivity index (χ3v) is 3.38. The molecule has 1 rings (SSSR count). The average Bonchev–Trinajstić information content (AvgIpc) is 2.41. The minimum absolute atomic E-state index is 0.00473. The highest BCUT2D eigenvalue weighted by atomic mass is 35.5. The van der Waals surface area contributed by atoms with Crippen molar-refractivity contribution < 1.29 is 9.53 Å². The predicted molar refractivity (Wildman–Crippen MR) is 91.4 cm³/mol. The second kappa shape index (κ2) is 8.39. The zero-order valence-corrected chi connectivity index (χ0v) is 14.9. The Bertz CT molecular complexity index is 498. The standard InChI is InChI=1S/C17H27ClN2O2/c1-6-12(2)19-10-13-9-14(18)7-8-15(13)22-11-16(21)20-17(3,4)5/h7-9,12,19H,6,10-11H2,1-5H3,(H,20,21). The summed E-state index contributed by atoms with van der Waals surface area (Å²) in [7, 11) is 0. The van der Waals surface area contributed by atoms with Gasteiger partial charge in [0.15, 0.2) is 6.61 Å². The number of benzene rings is 1. The summed E-state index contributed by atoms with van der Waals surface area (Å²) >= 11 is 6.05. The van der Waals surface area contributed by atoms with Gasteiger partial charge in [0.1, 0.15) is 5.75 Å². The van der Waals surface area contributed by atoms with Gasteiger partial charge in [0.05, 0.1) is 0 Å². The maximum absolute atomic E-state index is 11.8. The van der Waals surface area contributed by atoms with Crippen LogP contribution in [0.5, 0.6) is 5.75 Å². The quantitative estimate of drug-likeness (QED) is 0.806. The van der Waals surface area contributed by atoms with Crippen molar-refractivity contribution in [1.29, 1.82) is 0 Å². The van der Waals surface area contributed by atoms with Crippen molar-refractivity contribution in [2.45, 2.75) is 59.2 Å². The van der Waals surface area contributed by atoms with E-state index in [0.717, 1.165) is 12.0 Å². The fraction of sp³-hybridized carbons (Fsp3) is 0.588. The van der Waals surface area contributed by atoms with Gasteiger partial charge < -0.3 is 15.4 Å². The third kappa shape index (κ3) is 7.14. The van der Waals surface area contributed by atoms with Gasteiger partial charge in [-0.3, -0.25) is 4.79 Å². The average molecular weight is 327 g/mol. The van der Waals surface area contributed by atoms with Crippen molar-refractivity contribution in [2.24, 2.45) is 0 Å². The molecule has 0 spiro atoms. The smallest absolute Gasteiger partial charge is 0.258 e. The topological polar surface area (TPSA) is 50.4 Å². The number of amides is 1. The van der Waals surface area contributed by atoms with Crippen LogP contribution in [0.1, 0.15) is 46.6 Å². The Balaban J connectivity index is 2.67. The Hall–Kier alpha value is -1.26. The van der Waals surface area contributed by atoms with Gasteiger partial charge >= 0.3 is 0 Å².